The van der Waals surface area contributed by atoms with E-state index < -0.39 is 11.6 Å². The van der Waals surface area contributed by atoms with Gasteiger partial charge in [-0.2, -0.15) is 0 Å². The molecule has 1 atom stereocenters. The fourth-order valence-electron chi connectivity index (χ4n) is 1.88. The molecule has 0 aliphatic heterocycles. The van der Waals surface area contributed by atoms with E-state index >= 15 is 0 Å². The van der Waals surface area contributed by atoms with Crippen molar-refractivity contribution < 1.29 is 8.78 Å². The first-order chi connectivity index (χ1) is 8.70. The second kappa shape index (κ2) is 5.69. The molecule has 0 bridgehead atoms. The number of nitrogens with zero attached hydrogens (tertiary/aromatic N) is 1. The first kappa shape index (κ1) is 12.6. The summed E-state index contributed by atoms with van der Waals surface area (Å²) in [5.41, 5.74) is 1.16. The van der Waals surface area contributed by atoms with E-state index in [0.717, 1.165) is 17.8 Å². The molecule has 1 aromatic carbocycles. The molecule has 2 aromatic rings. The monoisotopic (exact) mass is 248 g/mol. The molecule has 94 valence electrons. The predicted octanol–water partition coefficient (Wildman–Crippen LogP) is 2.86. The van der Waals surface area contributed by atoms with E-state index in [0.29, 0.717) is 12.0 Å². The molecular weight excluding hydrogens is 234 g/mol. The smallest absolute Gasteiger partial charge is 0.128 e. The van der Waals surface area contributed by atoms with Gasteiger partial charge in [0, 0.05) is 29.9 Å². The largest absolute Gasteiger partial charge is 0.313 e. The van der Waals surface area contributed by atoms with Crippen LogP contribution in [0, 0.1) is 11.6 Å². The number of pyridine rings is 1. The van der Waals surface area contributed by atoms with Crippen LogP contribution in [-0.2, 0) is 6.42 Å². The molecule has 0 spiro atoms. The van der Waals surface area contributed by atoms with Gasteiger partial charge < -0.3 is 5.32 Å². The average molecular weight is 248 g/mol. The fraction of sp³-hybridized carbons (Fsp3) is 0.214. The summed E-state index contributed by atoms with van der Waals surface area (Å²) in [6.07, 6.45) is 2.20. The lowest BCUT2D eigenvalue weighted by Crippen LogP contribution is -2.20. The summed E-state index contributed by atoms with van der Waals surface area (Å²) in [5.74, 6) is -0.848. The van der Waals surface area contributed by atoms with Gasteiger partial charge in [0.05, 0.1) is 0 Å². The highest BCUT2D eigenvalue weighted by atomic mass is 19.1. The maximum absolute atomic E-state index is 13.7. The average Bonchev–Trinajstić information content (AvgIpc) is 2.40. The molecule has 0 aliphatic rings. The lowest BCUT2D eigenvalue weighted by atomic mass is 10.0. The van der Waals surface area contributed by atoms with Crippen molar-refractivity contribution in [2.24, 2.45) is 0 Å². The van der Waals surface area contributed by atoms with Gasteiger partial charge in [0.2, 0.25) is 0 Å². The van der Waals surface area contributed by atoms with E-state index in [-0.39, 0.29) is 6.04 Å². The SMILES string of the molecule is CNC(Cc1ccccn1)c1cc(F)ccc1F. The van der Waals surface area contributed by atoms with Crippen LogP contribution in [0.25, 0.3) is 0 Å². The zero-order chi connectivity index (χ0) is 13.0. The van der Waals surface area contributed by atoms with E-state index in [2.05, 4.69) is 10.3 Å². The van der Waals surface area contributed by atoms with Crippen molar-refractivity contribution in [3.63, 3.8) is 0 Å². The Morgan fingerprint density at radius 2 is 2.06 bits per heavy atom. The zero-order valence-electron chi connectivity index (χ0n) is 10.0. The van der Waals surface area contributed by atoms with Crippen molar-refractivity contribution >= 4 is 0 Å². The third kappa shape index (κ3) is 2.90. The minimum atomic E-state index is -0.437. The Hall–Kier alpha value is -1.81. The van der Waals surface area contributed by atoms with Crippen LogP contribution < -0.4 is 5.32 Å². The van der Waals surface area contributed by atoms with Crippen molar-refractivity contribution in [2.75, 3.05) is 7.05 Å². The number of benzene rings is 1. The molecule has 0 fully saturated rings. The maximum Gasteiger partial charge on any atom is 0.128 e. The molecule has 1 heterocycles. The number of likely N-dealkylation sites (N-methyl/N-ethyl adjacent to an activating group) is 1. The minimum Gasteiger partial charge on any atom is -0.313 e. The van der Waals surface area contributed by atoms with Crippen LogP contribution in [-0.4, -0.2) is 12.0 Å². The van der Waals surface area contributed by atoms with Crippen LogP contribution in [0.1, 0.15) is 17.3 Å². The fourth-order valence-corrected chi connectivity index (χ4v) is 1.88. The Morgan fingerprint density at radius 3 is 2.72 bits per heavy atom. The highest BCUT2D eigenvalue weighted by molar-refractivity contribution is 5.24. The molecule has 2 nitrogen and oxygen atoms in total. The van der Waals surface area contributed by atoms with Crippen molar-refractivity contribution in [2.45, 2.75) is 12.5 Å². The standard InChI is InChI=1S/C14H14F2N2/c1-17-14(9-11-4-2-3-7-18-11)12-8-10(15)5-6-13(12)16/h2-8,14,17H,9H2,1H3. The predicted molar refractivity (Wildman–Crippen MR) is 66.1 cm³/mol. The molecule has 1 unspecified atom stereocenters. The highest BCUT2D eigenvalue weighted by Crippen LogP contribution is 2.21. The van der Waals surface area contributed by atoms with Gasteiger partial charge in [0.25, 0.3) is 0 Å². The Kier molecular flexibility index (Phi) is 3.99. The van der Waals surface area contributed by atoms with Gasteiger partial charge in [-0.05, 0) is 37.4 Å². The van der Waals surface area contributed by atoms with Crippen molar-refractivity contribution in [3.8, 4) is 0 Å². The van der Waals surface area contributed by atoms with Gasteiger partial charge in [0.15, 0.2) is 0 Å². The molecule has 4 heteroatoms. The van der Waals surface area contributed by atoms with Gasteiger partial charge in [-0.25, -0.2) is 8.78 Å². The summed E-state index contributed by atoms with van der Waals surface area (Å²) in [4.78, 5) is 4.19. The second-order valence-electron chi connectivity index (χ2n) is 4.03. The normalized spacial score (nSPS) is 12.4. The van der Waals surface area contributed by atoms with Crippen LogP contribution >= 0.6 is 0 Å². The van der Waals surface area contributed by atoms with E-state index in [1.807, 2.05) is 18.2 Å². The summed E-state index contributed by atoms with van der Waals surface area (Å²) in [5, 5.41) is 2.99. The topological polar surface area (TPSA) is 24.9 Å². The Balaban J connectivity index is 2.26. The zero-order valence-corrected chi connectivity index (χ0v) is 10.0. The van der Waals surface area contributed by atoms with Crippen LogP contribution in [0.5, 0.6) is 0 Å². The van der Waals surface area contributed by atoms with Gasteiger partial charge in [-0.3, -0.25) is 4.98 Å². The summed E-state index contributed by atoms with van der Waals surface area (Å²) in [6.45, 7) is 0. The molecule has 1 aromatic heterocycles. The van der Waals surface area contributed by atoms with Crippen molar-refractivity contribution in [1.29, 1.82) is 0 Å². The van der Waals surface area contributed by atoms with Crippen molar-refractivity contribution in [3.05, 3.63) is 65.5 Å². The molecule has 0 saturated heterocycles. The Bertz CT molecular complexity index is 514. The molecule has 0 aliphatic carbocycles. The number of aromatic nitrogens is 1. The van der Waals surface area contributed by atoms with E-state index in [9.17, 15) is 8.78 Å². The van der Waals surface area contributed by atoms with Gasteiger partial charge in [-0.15, -0.1) is 0 Å². The first-order valence-corrected chi connectivity index (χ1v) is 5.73. The first-order valence-electron chi connectivity index (χ1n) is 5.73. The van der Waals surface area contributed by atoms with Gasteiger partial charge >= 0.3 is 0 Å². The Morgan fingerprint density at radius 1 is 1.22 bits per heavy atom. The number of hydrogen-bond acceptors (Lipinski definition) is 2. The van der Waals surface area contributed by atoms with Crippen LogP contribution in [0.15, 0.2) is 42.6 Å². The third-order valence-electron chi connectivity index (χ3n) is 2.82. The summed E-state index contributed by atoms with van der Waals surface area (Å²) >= 11 is 0. The lowest BCUT2D eigenvalue weighted by molar-refractivity contribution is 0.519. The van der Waals surface area contributed by atoms with Crippen LogP contribution in [0.4, 0.5) is 8.78 Å². The number of nitrogens with one attached hydrogen (secondary N) is 1. The summed E-state index contributed by atoms with van der Waals surface area (Å²) in [6, 6.07) is 8.74. The van der Waals surface area contributed by atoms with Gasteiger partial charge in [0.1, 0.15) is 11.6 Å². The van der Waals surface area contributed by atoms with Crippen LogP contribution in [0.2, 0.25) is 0 Å². The summed E-state index contributed by atoms with van der Waals surface area (Å²) < 4.78 is 26.9. The molecular formula is C14H14F2N2. The molecule has 0 radical (unpaired) electrons. The maximum atomic E-state index is 13.7. The molecule has 0 amide bonds. The number of hydrogen-bond donors (Lipinski definition) is 1. The highest BCUT2D eigenvalue weighted by Gasteiger charge is 2.15. The quantitative estimate of drug-likeness (QED) is 0.900. The van der Waals surface area contributed by atoms with E-state index in [1.54, 1.807) is 13.2 Å². The lowest BCUT2D eigenvalue weighted by Gasteiger charge is -2.17. The Labute approximate surface area is 105 Å². The number of halogens is 2. The molecule has 2 rings (SSSR count). The van der Waals surface area contributed by atoms with E-state index in [1.165, 1.54) is 6.07 Å². The van der Waals surface area contributed by atoms with Gasteiger partial charge in [-0.1, -0.05) is 6.07 Å². The number of rotatable bonds is 4. The minimum absolute atomic E-state index is 0.296. The second-order valence-corrected chi connectivity index (χ2v) is 4.03. The molecule has 0 saturated carbocycles. The molecule has 1 N–H and O–H groups in total. The van der Waals surface area contributed by atoms with Crippen LogP contribution in [0.3, 0.4) is 0 Å². The van der Waals surface area contributed by atoms with Crippen molar-refractivity contribution in [1.82, 2.24) is 10.3 Å². The molecule has 18 heavy (non-hydrogen) atoms. The third-order valence-corrected chi connectivity index (χ3v) is 2.82. The summed E-state index contributed by atoms with van der Waals surface area (Å²) in [7, 11) is 1.72. The van der Waals surface area contributed by atoms with E-state index in [4.69, 9.17) is 0 Å².